The van der Waals surface area contributed by atoms with Crippen LogP contribution in [0.3, 0.4) is 0 Å². The summed E-state index contributed by atoms with van der Waals surface area (Å²) >= 11 is 0. The normalized spacial score (nSPS) is 14.2. The van der Waals surface area contributed by atoms with Crippen molar-refractivity contribution in [2.75, 3.05) is 19.0 Å². The molecule has 7 heteroatoms. The Bertz CT molecular complexity index is 1280. The molecule has 1 aliphatic rings. The van der Waals surface area contributed by atoms with E-state index in [4.69, 9.17) is 9.72 Å². The Labute approximate surface area is 199 Å². The van der Waals surface area contributed by atoms with Crippen molar-refractivity contribution in [1.29, 1.82) is 0 Å². The van der Waals surface area contributed by atoms with E-state index in [0.29, 0.717) is 24.0 Å². The topological polar surface area (TPSA) is 80.6 Å². The summed E-state index contributed by atoms with van der Waals surface area (Å²) in [6, 6.07) is 18.1. The van der Waals surface area contributed by atoms with Crippen LogP contribution in [-0.2, 0) is 4.74 Å². The molecule has 5 rings (SSSR count). The number of hydrogen-bond donors (Lipinski definition) is 2. The average molecular weight is 456 g/mol. The van der Waals surface area contributed by atoms with Crippen LogP contribution in [-0.4, -0.2) is 46.1 Å². The van der Waals surface area contributed by atoms with Crippen LogP contribution in [0.1, 0.15) is 36.5 Å². The molecule has 1 atom stereocenters. The van der Waals surface area contributed by atoms with E-state index in [-0.39, 0.29) is 12.0 Å². The predicted octanol–water partition coefficient (Wildman–Crippen LogP) is 4.79. The van der Waals surface area contributed by atoms with Crippen LogP contribution < -0.4 is 10.6 Å². The summed E-state index contributed by atoms with van der Waals surface area (Å²) in [5, 5.41) is 6.48. The number of hydrogen-bond acceptors (Lipinski definition) is 5. The molecule has 0 saturated heterocycles. The maximum absolute atomic E-state index is 12.4. The quantitative estimate of drug-likeness (QED) is 0.379. The summed E-state index contributed by atoms with van der Waals surface area (Å²) in [5.41, 5.74) is 5.21. The number of nitrogens with one attached hydrogen (secondary N) is 2. The molecule has 1 saturated carbocycles. The maximum Gasteiger partial charge on any atom is 0.251 e. The minimum absolute atomic E-state index is 0.0159. The molecular formula is C27H29N5O2. The van der Waals surface area contributed by atoms with E-state index in [1.807, 2.05) is 67.0 Å². The Kier molecular flexibility index (Phi) is 6.27. The number of benzene rings is 2. The van der Waals surface area contributed by atoms with Crippen LogP contribution in [0.15, 0.2) is 67.0 Å². The van der Waals surface area contributed by atoms with Gasteiger partial charge in [-0.05, 0) is 31.4 Å². The van der Waals surface area contributed by atoms with E-state index in [9.17, 15) is 4.79 Å². The molecule has 2 heterocycles. The molecule has 2 aromatic carbocycles. The van der Waals surface area contributed by atoms with E-state index in [0.717, 1.165) is 47.4 Å². The van der Waals surface area contributed by atoms with Crippen LogP contribution in [0.4, 0.5) is 5.82 Å². The first-order valence-electron chi connectivity index (χ1n) is 11.8. The molecule has 1 amide bonds. The van der Waals surface area contributed by atoms with Gasteiger partial charge in [0.05, 0.1) is 23.7 Å². The first-order valence-corrected chi connectivity index (χ1v) is 11.8. The van der Waals surface area contributed by atoms with Gasteiger partial charge in [-0.2, -0.15) is 0 Å². The van der Waals surface area contributed by atoms with Crippen molar-refractivity contribution in [1.82, 2.24) is 19.7 Å². The van der Waals surface area contributed by atoms with E-state index in [2.05, 4.69) is 26.9 Å². The molecule has 2 N–H and O–H groups in total. The van der Waals surface area contributed by atoms with Gasteiger partial charge in [-0.3, -0.25) is 9.20 Å². The third-order valence-corrected chi connectivity index (χ3v) is 6.20. The lowest BCUT2D eigenvalue weighted by molar-refractivity contribution is 0.0951. The van der Waals surface area contributed by atoms with Crippen LogP contribution in [0.5, 0.6) is 0 Å². The first-order chi connectivity index (χ1) is 16.7. The number of carbonyl (C=O) groups is 1. The van der Waals surface area contributed by atoms with Crippen molar-refractivity contribution >= 4 is 17.4 Å². The van der Waals surface area contributed by atoms with Crippen molar-refractivity contribution in [3.05, 3.63) is 72.6 Å². The molecule has 0 bridgehead atoms. The minimum atomic E-state index is -0.0159. The summed E-state index contributed by atoms with van der Waals surface area (Å²) in [7, 11) is 1.72. The van der Waals surface area contributed by atoms with Gasteiger partial charge >= 0.3 is 0 Å². The Hall–Kier alpha value is -3.71. The van der Waals surface area contributed by atoms with Gasteiger partial charge in [-0.1, -0.05) is 49.4 Å². The maximum atomic E-state index is 12.4. The number of aromatic nitrogens is 3. The number of nitrogens with zero attached hydrogens (tertiary/aromatic N) is 3. The lowest BCUT2D eigenvalue weighted by Gasteiger charge is -2.16. The number of amides is 1. The third kappa shape index (κ3) is 4.65. The van der Waals surface area contributed by atoms with Gasteiger partial charge in [0, 0.05) is 42.6 Å². The molecule has 34 heavy (non-hydrogen) atoms. The van der Waals surface area contributed by atoms with Gasteiger partial charge in [0.1, 0.15) is 0 Å². The second-order valence-corrected chi connectivity index (χ2v) is 8.65. The fraction of sp³-hybridized carbons (Fsp3) is 0.296. The van der Waals surface area contributed by atoms with E-state index in [1.165, 1.54) is 0 Å². The molecule has 174 valence electrons. The molecule has 0 aliphatic heterocycles. The highest BCUT2D eigenvalue weighted by Gasteiger charge is 2.23. The lowest BCUT2D eigenvalue weighted by Crippen LogP contribution is -2.25. The van der Waals surface area contributed by atoms with E-state index >= 15 is 0 Å². The SMILES string of the molecule is CCC(CNc1nc(-c2ccccc2)cn2c(-c3ccc(C(=O)NC4CC4)cc3)cnc12)OC. The zero-order valence-electron chi connectivity index (χ0n) is 19.5. The van der Waals surface area contributed by atoms with Crippen molar-refractivity contribution in [2.45, 2.75) is 38.3 Å². The molecule has 0 radical (unpaired) electrons. The molecule has 4 aromatic rings. The second-order valence-electron chi connectivity index (χ2n) is 8.65. The third-order valence-electron chi connectivity index (χ3n) is 6.20. The lowest BCUT2D eigenvalue weighted by atomic mass is 10.1. The predicted molar refractivity (Wildman–Crippen MR) is 134 cm³/mol. The van der Waals surface area contributed by atoms with Gasteiger partial charge in [-0.15, -0.1) is 0 Å². The summed E-state index contributed by atoms with van der Waals surface area (Å²) in [6.07, 6.45) is 7.00. The smallest absolute Gasteiger partial charge is 0.251 e. The summed E-state index contributed by atoms with van der Waals surface area (Å²) < 4.78 is 7.59. The van der Waals surface area contributed by atoms with Gasteiger partial charge in [0.15, 0.2) is 11.5 Å². The summed E-state index contributed by atoms with van der Waals surface area (Å²) in [6.45, 7) is 2.74. The van der Waals surface area contributed by atoms with Crippen LogP contribution >= 0.6 is 0 Å². The Morgan fingerprint density at radius 3 is 2.56 bits per heavy atom. The zero-order valence-corrected chi connectivity index (χ0v) is 19.5. The summed E-state index contributed by atoms with van der Waals surface area (Å²) in [5.74, 6) is 0.696. The number of ether oxygens (including phenoxy) is 1. The first kappa shape index (κ1) is 22.1. The van der Waals surface area contributed by atoms with Crippen LogP contribution in [0.2, 0.25) is 0 Å². The minimum Gasteiger partial charge on any atom is -0.380 e. The molecule has 7 nitrogen and oxygen atoms in total. The van der Waals surface area contributed by atoms with Crippen LogP contribution in [0.25, 0.3) is 28.2 Å². The van der Waals surface area contributed by atoms with Crippen LogP contribution in [0, 0.1) is 0 Å². The fourth-order valence-corrected chi connectivity index (χ4v) is 3.96. The Morgan fingerprint density at radius 1 is 1.12 bits per heavy atom. The van der Waals surface area contributed by atoms with Crippen molar-refractivity contribution < 1.29 is 9.53 Å². The number of rotatable bonds is 9. The number of carbonyl (C=O) groups excluding carboxylic acids is 1. The van der Waals surface area contributed by atoms with Gasteiger partial charge in [0.25, 0.3) is 5.91 Å². The Morgan fingerprint density at radius 2 is 1.88 bits per heavy atom. The second kappa shape index (κ2) is 9.65. The average Bonchev–Trinajstić information content (AvgIpc) is 3.60. The molecule has 1 unspecified atom stereocenters. The fourth-order valence-electron chi connectivity index (χ4n) is 3.96. The highest BCUT2D eigenvalue weighted by molar-refractivity contribution is 5.95. The zero-order chi connectivity index (χ0) is 23.5. The molecular weight excluding hydrogens is 426 g/mol. The van der Waals surface area contributed by atoms with E-state index < -0.39 is 0 Å². The van der Waals surface area contributed by atoms with Gasteiger partial charge < -0.3 is 15.4 Å². The number of fused-ring (bicyclic) bond motifs is 1. The Balaban J connectivity index is 1.52. The monoisotopic (exact) mass is 455 g/mol. The van der Waals surface area contributed by atoms with Crippen molar-refractivity contribution in [2.24, 2.45) is 0 Å². The highest BCUT2D eigenvalue weighted by atomic mass is 16.5. The van der Waals surface area contributed by atoms with Crippen molar-refractivity contribution in [3.8, 4) is 22.5 Å². The molecule has 1 fully saturated rings. The van der Waals surface area contributed by atoms with Gasteiger partial charge in [-0.25, -0.2) is 9.97 Å². The van der Waals surface area contributed by atoms with E-state index in [1.54, 1.807) is 7.11 Å². The highest BCUT2D eigenvalue weighted by Crippen LogP contribution is 2.28. The molecule has 1 aliphatic carbocycles. The standard InChI is InChI=1S/C27H29N5O2/c1-3-22(34-2)15-28-25-26-29-16-24(32(26)17-23(31-25)18-7-5-4-6-8-18)19-9-11-20(12-10-19)27(33)30-21-13-14-21/h4-12,16-17,21-22H,3,13-15H2,1-2H3,(H,28,31)(H,30,33). The van der Waals surface area contributed by atoms with Gasteiger partial charge in [0.2, 0.25) is 0 Å². The van der Waals surface area contributed by atoms with Crippen molar-refractivity contribution in [3.63, 3.8) is 0 Å². The number of imidazole rings is 1. The number of methoxy groups -OCH3 is 1. The largest absolute Gasteiger partial charge is 0.380 e. The number of anilines is 1. The summed E-state index contributed by atoms with van der Waals surface area (Å²) in [4.78, 5) is 21.9. The molecule has 2 aromatic heterocycles. The molecule has 0 spiro atoms.